The molecule has 3 aromatic heterocycles. The van der Waals surface area contributed by atoms with Crippen LogP contribution in [0, 0.1) is 0 Å². The molecule has 1 aliphatic heterocycles. The van der Waals surface area contributed by atoms with Crippen molar-refractivity contribution in [1.29, 1.82) is 0 Å². The van der Waals surface area contributed by atoms with Crippen LogP contribution in [0.2, 0.25) is 5.15 Å². The minimum absolute atomic E-state index is 0. The van der Waals surface area contributed by atoms with E-state index in [1.807, 2.05) is 0 Å². The van der Waals surface area contributed by atoms with Gasteiger partial charge in [0.25, 0.3) is 5.91 Å². The molecule has 4 rings (SSSR count). The number of aromatic carboxylic acids is 1. The summed E-state index contributed by atoms with van der Waals surface area (Å²) in [5.74, 6) is -1.28. The Labute approximate surface area is 238 Å². The average molecular weight is 681 g/mol. The fourth-order valence-corrected chi connectivity index (χ4v) is 3.74. The molecule has 15 heteroatoms. The zero-order chi connectivity index (χ0) is 26.3. The highest BCUT2D eigenvalue weighted by Crippen LogP contribution is 2.35. The first kappa shape index (κ1) is 30.5. The Kier molecular flexibility index (Phi) is 11.3. The second-order valence-electron chi connectivity index (χ2n) is 7.31. The topological polar surface area (TPSA) is 153 Å². The van der Waals surface area contributed by atoms with E-state index in [1.54, 1.807) is 18.2 Å². The summed E-state index contributed by atoms with van der Waals surface area (Å²) in [6.07, 6.45) is 4.32. The monoisotopic (exact) mass is 678 g/mol. The lowest BCUT2D eigenvalue weighted by molar-refractivity contribution is 0.0690. The van der Waals surface area contributed by atoms with Crippen LogP contribution in [-0.2, 0) is 10.3 Å². The first-order valence-corrected chi connectivity index (χ1v) is 12.0. The molecule has 1 aliphatic rings. The molecule has 0 radical (unpaired) electrons. The van der Waals surface area contributed by atoms with E-state index in [2.05, 4.69) is 57.1 Å². The molecule has 10 nitrogen and oxygen atoms in total. The number of pyridine rings is 3. The summed E-state index contributed by atoms with van der Waals surface area (Å²) in [5, 5.41) is 11.1. The fraction of sp³-hybridized carbons (Fsp3) is 0.182. The van der Waals surface area contributed by atoms with Crippen molar-refractivity contribution in [1.82, 2.24) is 15.0 Å². The van der Waals surface area contributed by atoms with Gasteiger partial charge in [-0.15, -0.1) is 12.4 Å². The number of carbonyl (C=O) groups is 2. The number of alkyl halides is 1. The van der Waals surface area contributed by atoms with E-state index in [1.165, 1.54) is 30.7 Å². The number of hydrogen-bond donors (Lipinski definition) is 3. The second-order valence-corrected chi connectivity index (χ2v) is 9.50. The molecule has 0 saturated heterocycles. The van der Waals surface area contributed by atoms with E-state index in [0.29, 0.717) is 5.69 Å². The molecule has 0 aromatic carbocycles. The predicted octanol–water partition coefficient (Wildman–Crippen LogP) is 4.66. The average Bonchev–Trinajstić information content (AvgIpc) is 2.86. The fourth-order valence-electron chi connectivity index (χ4n) is 2.99. The molecular weight excluding hydrogens is 662 g/mol. The highest BCUT2D eigenvalue weighted by atomic mass is 79.9. The molecule has 0 bridgehead atoms. The van der Waals surface area contributed by atoms with Crippen molar-refractivity contribution < 1.29 is 23.8 Å². The van der Waals surface area contributed by atoms with Crippen molar-refractivity contribution in [3.05, 3.63) is 80.0 Å². The minimum Gasteiger partial charge on any atom is -0.477 e. The van der Waals surface area contributed by atoms with E-state index in [9.17, 15) is 14.0 Å². The van der Waals surface area contributed by atoms with Crippen molar-refractivity contribution in [2.24, 2.45) is 10.7 Å². The zero-order valence-corrected chi connectivity index (χ0v) is 23.4. The summed E-state index contributed by atoms with van der Waals surface area (Å²) in [5.41, 5.74) is 5.19. The Bertz CT molecular complexity index is 1290. The predicted molar refractivity (Wildman–Crippen MR) is 145 cm³/mol. The van der Waals surface area contributed by atoms with E-state index in [0.717, 1.165) is 8.95 Å². The van der Waals surface area contributed by atoms with E-state index in [-0.39, 0.29) is 53.6 Å². The maximum atomic E-state index is 13.8. The third kappa shape index (κ3) is 8.14. The summed E-state index contributed by atoms with van der Waals surface area (Å²) in [4.78, 5) is 38.4. The maximum Gasteiger partial charge on any atom is 0.354 e. The summed E-state index contributed by atoms with van der Waals surface area (Å²) >= 11 is 12.5. The van der Waals surface area contributed by atoms with Crippen molar-refractivity contribution >= 4 is 79.3 Å². The number of carbonyl (C=O) groups excluding carboxylic acids is 1. The SMILES string of the molecule is Cl.NC1=NC(CF)(c2cc(NC(=O)c3ccc(Br)cn3)cnc2Cl)COC1.O=C(O)c1ccc(Br)cn1. The van der Waals surface area contributed by atoms with Crippen molar-refractivity contribution in [3.8, 4) is 0 Å². The van der Waals surface area contributed by atoms with Crippen molar-refractivity contribution in [2.45, 2.75) is 5.54 Å². The molecule has 1 amide bonds. The Morgan fingerprint density at radius 3 is 2.24 bits per heavy atom. The number of nitrogens with two attached hydrogens (primary N) is 1. The van der Waals surface area contributed by atoms with Gasteiger partial charge in [-0.1, -0.05) is 11.6 Å². The summed E-state index contributed by atoms with van der Waals surface area (Å²) in [6, 6.07) is 7.84. The number of nitrogens with one attached hydrogen (secondary N) is 1. The van der Waals surface area contributed by atoms with Gasteiger partial charge in [0.1, 0.15) is 41.2 Å². The Balaban J connectivity index is 0.000000369. The number of halogens is 5. The number of anilines is 1. The van der Waals surface area contributed by atoms with Crippen LogP contribution in [0.4, 0.5) is 10.1 Å². The molecule has 0 aliphatic carbocycles. The number of carboxylic acids is 1. The molecule has 1 unspecified atom stereocenters. The van der Waals surface area contributed by atoms with E-state index < -0.39 is 24.1 Å². The Morgan fingerprint density at radius 1 is 1.11 bits per heavy atom. The van der Waals surface area contributed by atoms with Gasteiger partial charge >= 0.3 is 5.97 Å². The van der Waals surface area contributed by atoms with Crippen LogP contribution in [-0.4, -0.2) is 57.7 Å². The molecular formula is C22H19Br2Cl2FN6O4. The van der Waals surface area contributed by atoms with Gasteiger partial charge < -0.3 is 20.9 Å². The van der Waals surface area contributed by atoms with Gasteiger partial charge in [-0.25, -0.2) is 24.1 Å². The van der Waals surface area contributed by atoms with E-state index >= 15 is 0 Å². The number of amides is 1. The van der Waals surface area contributed by atoms with Crippen LogP contribution in [0.5, 0.6) is 0 Å². The van der Waals surface area contributed by atoms with Gasteiger partial charge in [0.15, 0.2) is 0 Å². The second kappa shape index (κ2) is 13.7. The molecule has 37 heavy (non-hydrogen) atoms. The van der Waals surface area contributed by atoms with Crippen LogP contribution in [0.25, 0.3) is 0 Å². The zero-order valence-electron chi connectivity index (χ0n) is 18.7. The van der Waals surface area contributed by atoms with Crippen LogP contribution < -0.4 is 11.1 Å². The van der Waals surface area contributed by atoms with Crippen molar-refractivity contribution in [3.63, 3.8) is 0 Å². The number of ether oxygens (including phenoxy) is 1. The van der Waals surface area contributed by atoms with Crippen LogP contribution in [0.1, 0.15) is 26.5 Å². The highest BCUT2D eigenvalue weighted by Gasteiger charge is 2.38. The third-order valence-corrected chi connectivity index (χ3v) is 5.91. The van der Waals surface area contributed by atoms with Gasteiger partial charge in [-0.2, -0.15) is 0 Å². The number of hydrogen-bond acceptors (Lipinski definition) is 8. The highest BCUT2D eigenvalue weighted by molar-refractivity contribution is 9.10. The number of amidine groups is 1. The van der Waals surface area contributed by atoms with Crippen molar-refractivity contribution in [2.75, 3.05) is 25.2 Å². The molecule has 4 N–H and O–H groups in total. The standard InChI is InChI=1S/C16H14BrClFN5O2.C6H4BrNO2.ClH/c17-9-1-2-12(21-4-9)15(25)23-10-3-11(14(18)22-5-10)16(7-19)8-26-6-13(20)24-16;7-4-1-2-5(6(9)10)8-3-4;/h1-5H,6-8H2,(H2,20,24)(H,23,25);1-3H,(H,9,10);1H. The van der Waals surface area contributed by atoms with Gasteiger partial charge in [0, 0.05) is 26.9 Å². The lowest BCUT2D eigenvalue weighted by Gasteiger charge is -2.31. The number of carboxylic acid groups (broad SMARTS) is 1. The van der Waals surface area contributed by atoms with Crippen LogP contribution in [0.3, 0.4) is 0 Å². The van der Waals surface area contributed by atoms with Gasteiger partial charge in [0.2, 0.25) is 0 Å². The Morgan fingerprint density at radius 2 is 1.73 bits per heavy atom. The first-order chi connectivity index (χ1) is 17.1. The number of aromatic nitrogens is 3. The smallest absolute Gasteiger partial charge is 0.354 e. The largest absolute Gasteiger partial charge is 0.477 e. The van der Waals surface area contributed by atoms with E-state index in [4.69, 9.17) is 27.2 Å². The summed E-state index contributed by atoms with van der Waals surface area (Å²) < 4.78 is 20.7. The van der Waals surface area contributed by atoms with Crippen LogP contribution >= 0.6 is 55.9 Å². The minimum atomic E-state index is -1.39. The Hall–Kier alpha value is -2.71. The molecule has 3 aromatic rings. The van der Waals surface area contributed by atoms with Gasteiger partial charge in [0.05, 0.1) is 18.5 Å². The molecule has 0 fully saturated rings. The molecule has 0 saturated carbocycles. The molecule has 1 atom stereocenters. The number of rotatable bonds is 5. The number of nitrogens with zero attached hydrogens (tertiary/aromatic N) is 4. The summed E-state index contributed by atoms with van der Waals surface area (Å²) in [6.45, 7) is -0.781. The quantitative estimate of drug-likeness (QED) is 0.329. The normalized spacial score (nSPS) is 16.4. The van der Waals surface area contributed by atoms with Crippen LogP contribution in [0.15, 0.2) is 62.9 Å². The lowest BCUT2D eigenvalue weighted by Crippen LogP contribution is -2.41. The lowest BCUT2D eigenvalue weighted by atomic mass is 9.93. The summed E-state index contributed by atoms with van der Waals surface area (Å²) in [7, 11) is 0. The van der Waals surface area contributed by atoms with Gasteiger partial charge in [-0.3, -0.25) is 9.79 Å². The maximum absolute atomic E-state index is 13.8. The molecule has 0 spiro atoms. The first-order valence-electron chi connectivity index (χ1n) is 10.1. The van der Waals surface area contributed by atoms with Gasteiger partial charge in [-0.05, 0) is 62.2 Å². The number of aliphatic imine (C=N–C) groups is 1. The molecule has 4 heterocycles. The molecule has 196 valence electrons. The third-order valence-electron chi connectivity index (χ3n) is 4.67.